The molecular weight excluding hydrogens is 308 g/mol. The van der Waals surface area contributed by atoms with Crippen molar-refractivity contribution in [2.75, 3.05) is 0 Å². The molecule has 2 heteroatoms. The van der Waals surface area contributed by atoms with E-state index in [1.807, 2.05) is 6.92 Å². The van der Waals surface area contributed by atoms with Gasteiger partial charge in [-0.05, 0) is 106 Å². The van der Waals surface area contributed by atoms with E-state index in [4.69, 9.17) is 4.74 Å². The van der Waals surface area contributed by atoms with Crippen molar-refractivity contribution in [2.24, 2.45) is 11.8 Å². The van der Waals surface area contributed by atoms with Gasteiger partial charge in [-0.2, -0.15) is 0 Å². The van der Waals surface area contributed by atoms with Crippen LogP contribution in [0.15, 0.2) is 12.1 Å². The summed E-state index contributed by atoms with van der Waals surface area (Å²) in [7, 11) is 0. The number of carbonyl (C=O) groups excluding carboxylic acids is 1. The lowest BCUT2D eigenvalue weighted by Gasteiger charge is -2.32. The fourth-order valence-electron chi connectivity index (χ4n) is 4.70. The third-order valence-electron chi connectivity index (χ3n) is 6.89. The van der Waals surface area contributed by atoms with Crippen LogP contribution in [-0.4, -0.2) is 12.1 Å². The molecule has 3 rings (SSSR count). The van der Waals surface area contributed by atoms with Crippen LogP contribution in [-0.2, 0) is 9.53 Å². The Labute approximate surface area is 153 Å². The fraction of sp³-hybridized carbons (Fsp3) is 0.696. The molecule has 1 heterocycles. The molecule has 138 valence electrons. The van der Waals surface area contributed by atoms with Crippen molar-refractivity contribution >= 4 is 5.97 Å². The number of hydrogen-bond acceptors (Lipinski definition) is 2. The van der Waals surface area contributed by atoms with Gasteiger partial charge in [0.05, 0.1) is 5.92 Å². The number of aryl methyl sites for hydroxylation is 1. The zero-order valence-corrected chi connectivity index (χ0v) is 16.4. The molecule has 1 aliphatic carbocycles. The molecule has 0 spiro atoms. The van der Waals surface area contributed by atoms with E-state index in [1.54, 1.807) is 5.56 Å². The largest absolute Gasteiger partial charge is 0.462 e. The molecule has 25 heavy (non-hydrogen) atoms. The first-order valence-corrected chi connectivity index (χ1v) is 10.2. The van der Waals surface area contributed by atoms with Crippen molar-refractivity contribution in [3.05, 3.63) is 34.4 Å². The molecule has 0 bridgehead atoms. The zero-order chi connectivity index (χ0) is 18.0. The van der Waals surface area contributed by atoms with Crippen molar-refractivity contribution in [3.63, 3.8) is 0 Å². The van der Waals surface area contributed by atoms with E-state index in [-0.39, 0.29) is 18.0 Å². The first kappa shape index (κ1) is 18.5. The molecule has 1 aromatic rings. The maximum atomic E-state index is 11.7. The summed E-state index contributed by atoms with van der Waals surface area (Å²) >= 11 is 0. The Morgan fingerprint density at radius 3 is 2.32 bits per heavy atom. The second kappa shape index (κ2) is 7.93. The van der Waals surface area contributed by atoms with E-state index in [1.165, 1.54) is 48.8 Å². The van der Waals surface area contributed by atoms with Crippen molar-refractivity contribution in [3.8, 4) is 0 Å². The lowest BCUT2D eigenvalue weighted by molar-refractivity contribution is -0.160. The van der Waals surface area contributed by atoms with Gasteiger partial charge in [-0.3, -0.25) is 4.79 Å². The van der Waals surface area contributed by atoms with Gasteiger partial charge in [0.1, 0.15) is 6.10 Å². The Hall–Kier alpha value is -1.31. The van der Waals surface area contributed by atoms with Crippen LogP contribution in [0.2, 0.25) is 0 Å². The minimum atomic E-state index is 0.0187. The summed E-state index contributed by atoms with van der Waals surface area (Å²) in [5.41, 5.74) is 5.96. The van der Waals surface area contributed by atoms with Crippen LogP contribution in [0.5, 0.6) is 0 Å². The molecule has 0 N–H and O–H groups in total. The summed E-state index contributed by atoms with van der Waals surface area (Å²) in [5, 5.41) is 0. The highest BCUT2D eigenvalue weighted by molar-refractivity contribution is 5.72. The highest BCUT2D eigenvalue weighted by Crippen LogP contribution is 2.40. The number of rotatable bonds is 4. The van der Waals surface area contributed by atoms with Crippen LogP contribution in [0.3, 0.4) is 0 Å². The zero-order valence-electron chi connectivity index (χ0n) is 16.4. The molecule has 2 nitrogen and oxygen atoms in total. The Morgan fingerprint density at radius 1 is 0.920 bits per heavy atom. The number of benzene rings is 1. The highest BCUT2D eigenvalue weighted by atomic mass is 16.5. The highest BCUT2D eigenvalue weighted by Gasteiger charge is 2.28. The molecular formula is C23H34O2. The number of carbonyl (C=O) groups is 1. The van der Waals surface area contributed by atoms with Crippen molar-refractivity contribution in [1.82, 2.24) is 0 Å². The van der Waals surface area contributed by atoms with E-state index in [0.717, 1.165) is 31.1 Å². The monoisotopic (exact) mass is 342 g/mol. The molecule has 0 aromatic heterocycles. The van der Waals surface area contributed by atoms with Crippen molar-refractivity contribution in [1.29, 1.82) is 0 Å². The number of hydrogen-bond donors (Lipinski definition) is 0. The van der Waals surface area contributed by atoms with Gasteiger partial charge in [0, 0.05) is 0 Å². The summed E-state index contributed by atoms with van der Waals surface area (Å²) in [6.07, 6.45) is 9.82. The van der Waals surface area contributed by atoms with Crippen molar-refractivity contribution < 1.29 is 9.53 Å². The molecule has 1 saturated carbocycles. The minimum Gasteiger partial charge on any atom is -0.462 e. The quantitative estimate of drug-likeness (QED) is 0.627. The van der Waals surface area contributed by atoms with Gasteiger partial charge in [0.25, 0.3) is 0 Å². The maximum Gasteiger partial charge on any atom is 0.308 e. The number of ether oxygens (including phenoxy) is 1. The molecule has 0 radical (unpaired) electrons. The van der Waals surface area contributed by atoms with Gasteiger partial charge >= 0.3 is 5.97 Å². The van der Waals surface area contributed by atoms with Crippen LogP contribution in [0.25, 0.3) is 0 Å². The van der Waals surface area contributed by atoms with Gasteiger partial charge in [-0.25, -0.2) is 0 Å². The fourth-order valence-corrected chi connectivity index (χ4v) is 4.70. The first-order chi connectivity index (χ1) is 12.0. The summed E-state index contributed by atoms with van der Waals surface area (Å²) < 4.78 is 5.58. The topological polar surface area (TPSA) is 26.3 Å². The van der Waals surface area contributed by atoms with E-state index in [9.17, 15) is 4.79 Å². The Morgan fingerprint density at radius 2 is 1.64 bits per heavy atom. The molecule has 2 unspecified atom stereocenters. The molecule has 1 saturated heterocycles. The standard InChI is InChI=1S/C23H34O2/c1-15-6-14-22(18(4)17(15)3)20-10-7-19(8-11-20)9-13-21-12-5-16(2)23(24)25-21/h6,14,16,19-21H,5,7-13H2,1-4H3. The van der Waals surface area contributed by atoms with Gasteiger partial charge in [-0.1, -0.05) is 19.1 Å². The average molecular weight is 343 g/mol. The SMILES string of the molecule is Cc1ccc(C2CCC(CCC3CCC(C)C(=O)O3)CC2)c(C)c1C. The van der Waals surface area contributed by atoms with Crippen LogP contribution in [0.4, 0.5) is 0 Å². The Bertz CT molecular complexity index is 611. The summed E-state index contributed by atoms with van der Waals surface area (Å²) in [6.45, 7) is 8.74. The molecule has 0 amide bonds. The van der Waals surface area contributed by atoms with Crippen LogP contribution in [0.1, 0.15) is 86.5 Å². The third kappa shape index (κ3) is 4.27. The Balaban J connectivity index is 1.48. The second-order valence-electron chi connectivity index (χ2n) is 8.55. The average Bonchev–Trinajstić information content (AvgIpc) is 2.61. The lowest BCUT2D eigenvalue weighted by atomic mass is 9.75. The number of esters is 1. The van der Waals surface area contributed by atoms with E-state index < -0.39 is 0 Å². The molecule has 2 fully saturated rings. The Kier molecular flexibility index (Phi) is 5.86. The van der Waals surface area contributed by atoms with Gasteiger partial charge in [0.2, 0.25) is 0 Å². The van der Waals surface area contributed by atoms with Crippen LogP contribution >= 0.6 is 0 Å². The first-order valence-electron chi connectivity index (χ1n) is 10.2. The van der Waals surface area contributed by atoms with Crippen LogP contribution in [0, 0.1) is 32.6 Å². The van der Waals surface area contributed by atoms with Gasteiger partial charge < -0.3 is 4.74 Å². The third-order valence-corrected chi connectivity index (χ3v) is 6.89. The van der Waals surface area contributed by atoms with E-state index >= 15 is 0 Å². The van der Waals surface area contributed by atoms with Crippen molar-refractivity contribution in [2.45, 2.75) is 91.1 Å². The lowest BCUT2D eigenvalue weighted by Crippen LogP contribution is -2.30. The second-order valence-corrected chi connectivity index (χ2v) is 8.55. The smallest absolute Gasteiger partial charge is 0.308 e. The predicted octanol–water partition coefficient (Wildman–Crippen LogP) is 6.01. The minimum absolute atomic E-state index is 0.0187. The predicted molar refractivity (Wildman–Crippen MR) is 103 cm³/mol. The summed E-state index contributed by atoms with van der Waals surface area (Å²) in [6, 6.07) is 4.66. The van der Waals surface area contributed by atoms with Gasteiger partial charge in [-0.15, -0.1) is 0 Å². The maximum absolute atomic E-state index is 11.7. The molecule has 2 aliphatic rings. The normalized spacial score (nSPS) is 30.2. The van der Waals surface area contributed by atoms with Gasteiger partial charge in [0.15, 0.2) is 0 Å². The van der Waals surface area contributed by atoms with E-state index in [2.05, 4.69) is 32.9 Å². The summed E-state index contributed by atoms with van der Waals surface area (Å²) in [5.74, 6) is 1.68. The molecule has 1 aliphatic heterocycles. The molecule has 1 aromatic carbocycles. The number of cyclic esters (lactones) is 1. The van der Waals surface area contributed by atoms with Crippen LogP contribution < -0.4 is 0 Å². The van der Waals surface area contributed by atoms with E-state index in [0.29, 0.717) is 0 Å². The summed E-state index contributed by atoms with van der Waals surface area (Å²) in [4.78, 5) is 11.7. The molecule has 2 atom stereocenters.